The van der Waals surface area contributed by atoms with Crippen molar-refractivity contribution in [3.8, 4) is 68.0 Å². The van der Waals surface area contributed by atoms with E-state index in [1.165, 1.54) is 21.6 Å². The lowest BCUT2D eigenvalue weighted by molar-refractivity contribution is 0.173. The molecule has 2 aliphatic rings. The van der Waals surface area contributed by atoms with Gasteiger partial charge in [-0.3, -0.25) is 0 Å². The second-order valence-electron chi connectivity index (χ2n) is 9.88. The van der Waals surface area contributed by atoms with E-state index in [0.717, 1.165) is 56.5 Å². The van der Waals surface area contributed by atoms with Crippen LogP contribution in [0.1, 0.15) is 0 Å². The summed E-state index contributed by atoms with van der Waals surface area (Å²) in [5, 5.41) is 1.17. The Bertz CT molecular complexity index is 1850. The minimum Gasteiger partial charge on any atom is -0.454 e. The normalized spacial score (nSPS) is 12.8. The molecular formula is C34H22N4O4S2. The Morgan fingerprint density at radius 2 is 0.773 bits per heavy atom. The van der Waals surface area contributed by atoms with Gasteiger partial charge in [-0.1, -0.05) is 60.7 Å². The van der Waals surface area contributed by atoms with Gasteiger partial charge in [0, 0.05) is 22.3 Å². The predicted molar refractivity (Wildman–Crippen MR) is 170 cm³/mol. The van der Waals surface area contributed by atoms with Crippen molar-refractivity contribution >= 4 is 21.6 Å². The standard InChI is InChI=1S/C34H22N4O4S2/c1-3-7-21(8-4-1)25-17-27(23-11-13-29-31(15-23)41-19-39-29)37-33(35-25)43-44-34-36-26(22-9-5-2-6-10-22)18-28(38-34)24-12-14-30-32(16-24)42-20-40-30/h1-18H,19-20H2. The molecule has 0 amide bonds. The number of hydrogen-bond donors (Lipinski definition) is 0. The van der Waals surface area contributed by atoms with Crippen LogP contribution < -0.4 is 18.9 Å². The summed E-state index contributed by atoms with van der Waals surface area (Å²) in [4.78, 5) is 19.7. The summed E-state index contributed by atoms with van der Waals surface area (Å²) in [5.41, 5.74) is 7.00. The molecule has 8 rings (SSSR count). The second kappa shape index (κ2) is 11.6. The van der Waals surface area contributed by atoms with Crippen LogP contribution in [0.4, 0.5) is 0 Å². The summed E-state index contributed by atoms with van der Waals surface area (Å²) in [7, 11) is 2.83. The molecule has 0 bridgehead atoms. The number of rotatable bonds is 7. The summed E-state index contributed by atoms with van der Waals surface area (Å²) in [5.74, 6) is 2.86. The Morgan fingerprint density at radius 1 is 0.386 bits per heavy atom. The van der Waals surface area contributed by atoms with Gasteiger partial charge >= 0.3 is 0 Å². The van der Waals surface area contributed by atoms with Crippen LogP contribution in [-0.2, 0) is 0 Å². The first-order chi connectivity index (χ1) is 21.7. The van der Waals surface area contributed by atoms with Gasteiger partial charge in [0.15, 0.2) is 33.3 Å². The third-order valence-electron chi connectivity index (χ3n) is 7.08. The topological polar surface area (TPSA) is 88.5 Å². The quantitative estimate of drug-likeness (QED) is 0.130. The van der Waals surface area contributed by atoms with E-state index in [1.54, 1.807) is 0 Å². The lowest BCUT2D eigenvalue weighted by Crippen LogP contribution is -1.96. The van der Waals surface area contributed by atoms with Crippen molar-refractivity contribution in [2.24, 2.45) is 0 Å². The van der Waals surface area contributed by atoms with Crippen LogP contribution >= 0.6 is 21.6 Å². The first-order valence-corrected chi connectivity index (χ1v) is 15.9. The summed E-state index contributed by atoms with van der Waals surface area (Å²) < 4.78 is 22.3. The summed E-state index contributed by atoms with van der Waals surface area (Å²) in [6, 6.07) is 35.8. The van der Waals surface area contributed by atoms with Crippen molar-refractivity contribution in [3.05, 3.63) is 109 Å². The number of aromatic nitrogens is 4. The highest BCUT2D eigenvalue weighted by molar-refractivity contribution is 8.76. The second-order valence-corrected chi connectivity index (χ2v) is 11.9. The maximum Gasteiger partial charge on any atom is 0.231 e. The Hall–Kier alpha value is -5.06. The molecule has 10 heteroatoms. The highest BCUT2D eigenvalue weighted by Crippen LogP contribution is 2.41. The van der Waals surface area contributed by atoms with Gasteiger partial charge < -0.3 is 18.9 Å². The summed E-state index contributed by atoms with van der Waals surface area (Å²) >= 11 is 0. The molecule has 214 valence electrons. The molecule has 0 saturated carbocycles. The van der Waals surface area contributed by atoms with Gasteiger partial charge in [-0.15, -0.1) is 0 Å². The largest absolute Gasteiger partial charge is 0.454 e. The van der Waals surface area contributed by atoms with Crippen LogP contribution in [0.3, 0.4) is 0 Å². The van der Waals surface area contributed by atoms with Gasteiger partial charge in [-0.25, -0.2) is 19.9 Å². The summed E-state index contributed by atoms with van der Waals surface area (Å²) in [6.45, 7) is 0.428. The summed E-state index contributed by atoms with van der Waals surface area (Å²) in [6.07, 6.45) is 0. The molecule has 2 aromatic heterocycles. The molecule has 6 aromatic rings. The Balaban J connectivity index is 1.16. The van der Waals surface area contributed by atoms with E-state index in [4.69, 9.17) is 38.9 Å². The molecule has 0 N–H and O–H groups in total. The fourth-order valence-corrected chi connectivity index (χ4v) is 6.51. The zero-order chi connectivity index (χ0) is 29.3. The number of hydrogen-bond acceptors (Lipinski definition) is 10. The van der Waals surface area contributed by atoms with Crippen LogP contribution in [-0.4, -0.2) is 33.5 Å². The maximum absolute atomic E-state index is 5.62. The number of nitrogens with zero attached hydrogens (tertiary/aromatic N) is 4. The third kappa shape index (κ3) is 5.41. The average molecular weight is 615 g/mol. The molecule has 44 heavy (non-hydrogen) atoms. The fraction of sp³-hybridized carbons (Fsp3) is 0.0588. The minimum absolute atomic E-state index is 0.214. The van der Waals surface area contributed by atoms with E-state index in [9.17, 15) is 0 Å². The van der Waals surface area contributed by atoms with Gasteiger partial charge in [0.1, 0.15) is 0 Å². The van der Waals surface area contributed by atoms with E-state index in [0.29, 0.717) is 21.8 Å². The number of fused-ring (bicyclic) bond motifs is 2. The molecular weight excluding hydrogens is 593 g/mol. The van der Waals surface area contributed by atoms with Gasteiger partial charge in [0.25, 0.3) is 0 Å². The average Bonchev–Trinajstić information content (AvgIpc) is 3.77. The van der Waals surface area contributed by atoms with Crippen LogP contribution in [0.25, 0.3) is 45.0 Å². The molecule has 0 unspecified atom stereocenters. The van der Waals surface area contributed by atoms with Crippen LogP contribution in [0.15, 0.2) is 120 Å². The molecule has 4 aromatic carbocycles. The maximum atomic E-state index is 5.62. The molecule has 0 radical (unpaired) electrons. The van der Waals surface area contributed by atoms with E-state index in [-0.39, 0.29) is 13.6 Å². The molecule has 0 aliphatic carbocycles. The van der Waals surface area contributed by atoms with Crippen molar-refractivity contribution in [2.75, 3.05) is 13.6 Å². The van der Waals surface area contributed by atoms with E-state index in [1.807, 2.05) is 109 Å². The van der Waals surface area contributed by atoms with Crippen molar-refractivity contribution in [2.45, 2.75) is 10.3 Å². The molecule has 0 saturated heterocycles. The van der Waals surface area contributed by atoms with Gasteiger partial charge in [0.05, 0.1) is 22.8 Å². The first-order valence-electron chi connectivity index (χ1n) is 13.8. The monoisotopic (exact) mass is 614 g/mol. The zero-order valence-electron chi connectivity index (χ0n) is 23.0. The number of ether oxygens (including phenoxy) is 4. The molecule has 8 nitrogen and oxygen atoms in total. The van der Waals surface area contributed by atoms with E-state index >= 15 is 0 Å². The number of benzene rings is 4. The Labute approximate surface area is 260 Å². The first kappa shape index (κ1) is 26.6. The van der Waals surface area contributed by atoms with Crippen LogP contribution in [0, 0.1) is 0 Å². The van der Waals surface area contributed by atoms with E-state index < -0.39 is 0 Å². The van der Waals surface area contributed by atoms with Crippen molar-refractivity contribution in [1.82, 2.24) is 19.9 Å². The van der Waals surface area contributed by atoms with Crippen molar-refractivity contribution < 1.29 is 18.9 Å². The van der Waals surface area contributed by atoms with Gasteiger partial charge in [0.2, 0.25) is 13.6 Å². The van der Waals surface area contributed by atoms with Gasteiger partial charge in [-0.05, 0) is 70.1 Å². The Kier molecular flexibility index (Phi) is 6.97. The van der Waals surface area contributed by atoms with Crippen molar-refractivity contribution in [3.63, 3.8) is 0 Å². The molecule has 2 aliphatic heterocycles. The lowest BCUT2D eigenvalue weighted by atomic mass is 10.1. The Morgan fingerprint density at radius 3 is 1.20 bits per heavy atom. The molecule has 0 atom stereocenters. The minimum atomic E-state index is 0.214. The fourth-order valence-electron chi connectivity index (χ4n) is 4.92. The predicted octanol–water partition coefficient (Wildman–Crippen LogP) is 8.19. The highest BCUT2D eigenvalue weighted by Gasteiger charge is 2.19. The molecule has 0 fully saturated rings. The van der Waals surface area contributed by atoms with Crippen molar-refractivity contribution in [1.29, 1.82) is 0 Å². The highest BCUT2D eigenvalue weighted by atomic mass is 33.1. The SMILES string of the molecule is c1ccc(-c2cc(-c3ccc4c(c3)OCO4)nc(SSc3nc(-c4ccccc4)cc(-c4ccc5c(c4)OCO5)n3)n2)cc1. The lowest BCUT2D eigenvalue weighted by Gasteiger charge is -2.10. The van der Waals surface area contributed by atoms with Crippen LogP contribution in [0.2, 0.25) is 0 Å². The smallest absolute Gasteiger partial charge is 0.231 e. The molecule has 0 spiro atoms. The molecule has 4 heterocycles. The van der Waals surface area contributed by atoms with Crippen LogP contribution in [0.5, 0.6) is 23.0 Å². The van der Waals surface area contributed by atoms with E-state index in [2.05, 4.69) is 0 Å². The zero-order valence-corrected chi connectivity index (χ0v) is 24.7. The third-order valence-corrected chi connectivity index (χ3v) is 8.97. The van der Waals surface area contributed by atoms with Gasteiger partial charge in [-0.2, -0.15) is 0 Å².